The molecule has 1 N–H and O–H groups in total. The normalized spacial score (nSPS) is 15.2. The lowest BCUT2D eigenvalue weighted by molar-refractivity contribution is -0.120. The highest BCUT2D eigenvalue weighted by molar-refractivity contribution is 7.18. The van der Waals surface area contributed by atoms with Crippen LogP contribution in [-0.2, 0) is 4.79 Å². The summed E-state index contributed by atoms with van der Waals surface area (Å²) in [6.45, 7) is 7.69. The third-order valence-corrected chi connectivity index (χ3v) is 6.99. The molecular weight excluding hydrogens is 398 g/mol. The standard InChI is InChI=1S/C22H23N5O2S/c1-12-13(2)30-22-19(12)20(23-11-24-22)27-8-6-15(7-9-27)21(28)26-16-4-5-18-17(10-16)25-14(3)29-18/h4-5,10-11,15H,6-9H2,1-3H3,(H,26,28). The van der Waals surface area contributed by atoms with Gasteiger partial charge in [-0.2, -0.15) is 0 Å². The molecule has 1 aliphatic rings. The molecule has 4 heterocycles. The minimum atomic E-state index is -0.0152. The molecule has 8 heteroatoms. The smallest absolute Gasteiger partial charge is 0.227 e. The van der Waals surface area contributed by atoms with Crippen LogP contribution in [0.25, 0.3) is 21.3 Å². The van der Waals surface area contributed by atoms with Crippen LogP contribution in [0.2, 0.25) is 0 Å². The number of rotatable bonds is 3. The quantitative estimate of drug-likeness (QED) is 0.520. The highest BCUT2D eigenvalue weighted by Gasteiger charge is 2.27. The average molecular weight is 422 g/mol. The lowest BCUT2D eigenvalue weighted by Gasteiger charge is -2.32. The lowest BCUT2D eigenvalue weighted by atomic mass is 9.95. The van der Waals surface area contributed by atoms with Crippen LogP contribution in [0.4, 0.5) is 11.5 Å². The molecule has 4 aromatic rings. The minimum absolute atomic E-state index is 0.0152. The Morgan fingerprint density at radius 1 is 1.20 bits per heavy atom. The number of hydrogen-bond acceptors (Lipinski definition) is 7. The Labute approximate surface area is 178 Å². The van der Waals surface area contributed by atoms with Crippen LogP contribution >= 0.6 is 11.3 Å². The second-order valence-corrected chi connectivity index (χ2v) is 9.03. The van der Waals surface area contributed by atoms with E-state index in [4.69, 9.17) is 4.42 Å². The number of amides is 1. The number of hydrogen-bond donors (Lipinski definition) is 1. The second-order valence-electron chi connectivity index (χ2n) is 7.83. The van der Waals surface area contributed by atoms with Gasteiger partial charge in [0, 0.05) is 36.5 Å². The van der Waals surface area contributed by atoms with Crippen molar-refractivity contribution in [1.82, 2.24) is 15.0 Å². The highest BCUT2D eigenvalue weighted by atomic mass is 32.1. The van der Waals surface area contributed by atoms with E-state index in [-0.39, 0.29) is 11.8 Å². The summed E-state index contributed by atoms with van der Waals surface area (Å²) < 4.78 is 5.50. The summed E-state index contributed by atoms with van der Waals surface area (Å²) in [5.74, 6) is 1.66. The summed E-state index contributed by atoms with van der Waals surface area (Å²) in [7, 11) is 0. The molecule has 1 fully saturated rings. The average Bonchev–Trinajstić information content (AvgIpc) is 3.26. The maximum Gasteiger partial charge on any atom is 0.227 e. The van der Waals surface area contributed by atoms with Gasteiger partial charge in [0.25, 0.3) is 0 Å². The zero-order valence-electron chi connectivity index (χ0n) is 17.2. The molecule has 1 aromatic carbocycles. The van der Waals surface area contributed by atoms with Crippen LogP contribution in [0.15, 0.2) is 28.9 Å². The van der Waals surface area contributed by atoms with Gasteiger partial charge in [-0.15, -0.1) is 11.3 Å². The van der Waals surface area contributed by atoms with Gasteiger partial charge < -0.3 is 14.6 Å². The summed E-state index contributed by atoms with van der Waals surface area (Å²) in [4.78, 5) is 30.8. The van der Waals surface area contributed by atoms with Crippen molar-refractivity contribution in [2.45, 2.75) is 33.6 Å². The number of nitrogens with zero attached hydrogens (tertiary/aromatic N) is 4. The molecule has 0 spiro atoms. The van der Waals surface area contributed by atoms with Gasteiger partial charge in [-0.3, -0.25) is 4.79 Å². The van der Waals surface area contributed by atoms with E-state index in [0.717, 1.165) is 58.8 Å². The zero-order chi connectivity index (χ0) is 20.8. The van der Waals surface area contributed by atoms with Crippen molar-refractivity contribution in [3.63, 3.8) is 0 Å². The Kier molecular flexibility index (Phi) is 4.66. The van der Waals surface area contributed by atoms with E-state index in [1.807, 2.05) is 25.1 Å². The Hall–Kier alpha value is -3.00. The van der Waals surface area contributed by atoms with Crippen LogP contribution in [0.1, 0.15) is 29.2 Å². The number of oxazole rings is 1. The highest BCUT2D eigenvalue weighted by Crippen LogP contribution is 2.35. The fraction of sp³-hybridized carbons (Fsp3) is 0.364. The van der Waals surface area contributed by atoms with Crippen LogP contribution < -0.4 is 10.2 Å². The van der Waals surface area contributed by atoms with Gasteiger partial charge in [0.15, 0.2) is 11.5 Å². The topological polar surface area (TPSA) is 84.2 Å². The summed E-state index contributed by atoms with van der Waals surface area (Å²) in [6.07, 6.45) is 3.24. The predicted octanol–water partition coefficient (Wildman–Crippen LogP) is 4.61. The Morgan fingerprint density at radius 2 is 2.00 bits per heavy atom. The number of nitrogens with one attached hydrogen (secondary N) is 1. The van der Waals surface area contributed by atoms with Crippen molar-refractivity contribution >= 4 is 50.1 Å². The van der Waals surface area contributed by atoms with E-state index in [1.54, 1.807) is 17.7 Å². The van der Waals surface area contributed by atoms with Crippen LogP contribution in [-0.4, -0.2) is 33.9 Å². The van der Waals surface area contributed by atoms with E-state index >= 15 is 0 Å². The Balaban J connectivity index is 1.28. The molecular formula is C22H23N5O2S. The predicted molar refractivity (Wildman–Crippen MR) is 119 cm³/mol. The van der Waals surface area contributed by atoms with E-state index in [9.17, 15) is 4.79 Å². The summed E-state index contributed by atoms with van der Waals surface area (Å²) in [6, 6.07) is 5.57. The molecule has 0 unspecified atom stereocenters. The van der Waals surface area contributed by atoms with Gasteiger partial charge in [0.2, 0.25) is 5.91 Å². The molecule has 1 amide bonds. The molecule has 0 radical (unpaired) electrons. The number of thiophene rings is 1. The molecule has 30 heavy (non-hydrogen) atoms. The number of aryl methyl sites for hydroxylation is 3. The van der Waals surface area contributed by atoms with Crippen molar-refractivity contribution < 1.29 is 9.21 Å². The fourth-order valence-electron chi connectivity index (χ4n) is 4.12. The first-order valence-electron chi connectivity index (χ1n) is 10.1. The monoisotopic (exact) mass is 421 g/mol. The molecule has 3 aromatic heterocycles. The molecule has 0 aliphatic carbocycles. The van der Waals surface area contributed by atoms with Gasteiger partial charge in [-0.05, 0) is 50.5 Å². The molecule has 0 bridgehead atoms. The molecule has 154 valence electrons. The van der Waals surface area contributed by atoms with Crippen molar-refractivity contribution in [3.05, 3.63) is 40.9 Å². The van der Waals surface area contributed by atoms with Crippen molar-refractivity contribution in [2.75, 3.05) is 23.3 Å². The van der Waals surface area contributed by atoms with E-state index < -0.39 is 0 Å². The maximum absolute atomic E-state index is 12.8. The molecule has 0 saturated carbocycles. The van der Waals surface area contributed by atoms with Crippen LogP contribution in [0, 0.1) is 26.7 Å². The molecule has 0 atom stereocenters. The first-order valence-corrected chi connectivity index (χ1v) is 10.9. The van der Waals surface area contributed by atoms with Gasteiger partial charge in [-0.1, -0.05) is 0 Å². The van der Waals surface area contributed by atoms with Gasteiger partial charge >= 0.3 is 0 Å². The number of carbonyl (C=O) groups excluding carboxylic acids is 1. The van der Waals surface area contributed by atoms with Crippen molar-refractivity contribution in [1.29, 1.82) is 0 Å². The second kappa shape index (κ2) is 7.36. The first-order chi connectivity index (χ1) is 14.5. The summed E-state index contributed by atoms with van der Waals surface area (Å²) in [5, 5.41) is 4.20. The SMILES string of the molecule is Cc1nc2cc(NC(=O)C3CCN(c4ncnc5sc(C)c(C)c45)CC3)ccc2o1. The van der Waals surface area contributed by atoms with E-state index in [1.165, 1.54) is 10.4 Å². The zero-order valence-corrected chi connectivity index (χ0v) is 18.0. The van der Waals surface area contributed by atoms with Crippen molar-refractivity contribution in [3.8, 4) is 0 Å². The third kappa shape index (κ3) is 3.31. The lowest BCUT2D eigenvalue weighted by Crippen LogP contribution is -2.38. The Bertz CT molecular complexity index is 1250. The minimum Gasteiger partial charge on any atom is -0.441 e. The molecule has 1 aliphatic heterocycles. The number of fused-ring (bicyclic) bond motifs is 2. The van der Waals surface area contributed by atoms with E-state index in [2.05, 4.69) is 39.0 Å². The number of aromatic nitrogens is 3. The number of piperidine rings is 1. The van der Waals surface area contributed by atoms with E-state index in [0.29, 0.717) is 5.89 Å². The largest absolute Gasteiger partial charge is 0.441 e. The van der Waals surface area contributed by atoms with Gasteiger partial charge in [-0.25, -0.2) is 15.0 Å². The van der Waals surface area contributed by atoms with Gasteiger partial charge in [0.1, 0.15) is 22.5 Å². The van der Waals surface area contributed by atoms with Crippen LogP contribution in [0.5, 0.6) is 0 Å². The van der Waals surface area contributed by atoms with Gasteiger partial charge in [0.05, 0.1) is 5.39 Å². The molecule has 1 saturated heterocycles. The number of carbonyl (C=O) groups is 1. The Morgan fingerprint density at radius 3 is 2.80 bits per heavy atom. The van der Waals surface area contributed by atoms with Crippen molar-refractivity contribution in [2.24, 2.45) is 5.92 Å². The fourth-order valence-corrected chi connectivity index (χ4v) is 5.11. The number of benzene rings is 1. The van der Waals surface area contributed by atoms with Crippen LogP contribution in [0.3, 0.4) is 0 Å². The summed E-state index contributed by atoms with van der Waals surface area (Å²) >= 11 is 1.71. The molecule has 7 nitrogen and oxygen atoms in total. The third-order valence-electron chi connectivity index (χ3n) is 5.87. The maximum atomic E-state index is 12.8. The first kappa shape index (κ1) is 19.0. The molecule has 5 rings (SSSR count). The summed E-state index contributed by atoms with van der Waals surface area (Å²) in [5.41, 5.74) is 3.50. The number of anilines is 2.